The van der Waals surface area contributed by atoms with Crippen molar-refractivity contribution < 1.29 is 38.9 Å². The first-order valence-corrected chi connectivity index (χ1v) is 16.2. The number of rotatable bonds is 18. The number of carboxylic acids is 1. The number of nitrogens with one attached hydrogen (secondary N) is 2. The molecule has 0 bridgehead atoms. The number of aliphatic hydroxyl groups is 1. The Bertz CT molecular complexity index is 1170. The van der Waals surface area contributed by atoms with Gasteiger partial charge in [0, 0.05) is 40.1 Å². The van der Waals surface area contributed by atoms with E-state index in [1.54, 1.807) is 38.1 Å². The van der Waals surface area contributed by atoms with Gasteiger partial charge in [0.1, 0.15) is 24.2 Å². The van der Waals surface area contributed by atoms with Crippen LogP contribution in [0.5, 0.6) is 0 Å². The summed E-state index contributed by atoms with van der Waals surface area (Å²) in [6.45, 7) is 9.48. The zero-order valence-electron chi connectivity index (χ0n) is 28.3. The Kier molecular flexibility index (Phi) is 15.6. The van der Waals surface area contributed by atoms with Gasteiger partial charge in [0.25, 0.3) is 0 Å². The monoisotopic (exact) mass is 647 g/mol. The molecule has 1 aliphatic rings. The van der Waals surface area contributed by atoms with Crippen molar-refractivity contribution in [1.29, 1.82) is 0 Å². The van der Waals surface area contributed by atoms with Crippen LogP contribution in [-0.2, 0) is 35.1 Å². The number of nitrogens with zero attached hydrogens (tertiary/aromatic N) is 3. The number of carboxylic acid groups (broad SMARTS) is 1. The lowest BCUT2D eigenvalue weighted by Gasteiger charge is -2.35. The molecule has 1 saturated heterocycles. The van der Waals surface area contributed by atoms with E-state index in [-0.39, 0.29) is 31.2 Å². The van der Waals surface area contributed by atoms with Crippen molar-refractivity contribution in [2.45, 2.75) is 96.6 Å². The van der Waals surface area contributed by atoms with E-state index in [1.807, 2.05) is 26.8 Å². The molecule has 7 atom stereocenters. The second-order valence-electron chi connectivity index (χ2n) is 11.9. The summed E-state index contributed by atoms with van der Waals surface area (Å²) < 4.78 is 5.78. The predicted octanol–water partition coefficient (Wildman–Crippen LogP) is 0.885. The molecule has 1 aromatic carbocycles. The number of aliphatic carboxylic acids is 1. The number of carbonyl (C=O) groups excluding carboxylic acids is 4. The third-order valence-corrected chi connectivity index (χ3v) is 8.83. The molecule has 0 saturated carbocycles. The van der Waals surface area contributed by atoms with Crippen LogP contribution in [0.3, 0.4) is 0 Å². The molecule has 4 amide bonds. The lowest BCUT2D eigenvalue weighted by atomic mass is 9.95. The highest BCUT2D eigenvalue weighted by molar-refractivity contribution is 5.96. The van der Waals surface area contributed by atoms with Crippen molar-refractivity contribution in [2.24, 2.45) is 5.92 Å². The van der Waals surface area contributed by atoms with E-state index < -0.39 is 66.6 Å². The highest BCUT2D eigenvalue weighted by Gasteiger charge is 2.45. The van der Waals surface area contributed by atoms with E-state index in [2.05, 4.69) is 10.6 Å². The van der Waals surface area contributed by atoms with Crippen molar-refractivity contribution in [3.63, 3.8) is 0 Å². The third-order valence-electron chi connectivity index (χ3n) is 8.83. The molecule has 13 nitrogen and oxygen atoms in total. The van der Waals surface area contributed by atoms with Gasteiger partial charge in [0.05, 0.1) is 18.8 Å². The molecule has 0 aliphatic carbocycles. The Morgan fingerprint density at radius 3 is 2.13 bits per heavy atom. The van der Waals surface area contributed by atoms with Crippen LogP contribution >= 0.6 is 0 Å². The molecule has 13 heteroatoms. The molecule has 4 N–H and O–H groups in total. The molecule has 1 fully saturated rings. The number of benzene rings is 1. The molecule has 0 unspecified atom stereocenters. The summed E-state index contributed by atoms with van der Waals surface area (Å²) in [4.78, 5) is 70.7. The minimum atomic E-state index is -1.23. The molecule has 1 heterocycles. The summed E-state index contributed by atoms with van der Waals surface area (Å²) >= 11 is 0. The van der Waals surface area contributed by atoms with E-state index in [9.17, 15) is 34.2 Å². The summed E-state index contributed by atoms with van der Waals surface area (Å²) in [6, 6.07) is 3.94. The van der Waals surface area contributed by atoms with Crippen LogP contribution < -0.4 is 10.6 Å². The summed E-state index contributed by atoms with van der Waals surface area (Å²) in [5.74, 6) is -3.65. The number of likely N-dealkylation sites (N-methyl/N-ethyl adjacent to an activating group) is 3. The fraction of sp³-hybridized carbons (Fsp3) is 0.667. The first kappa shape index (κ1) is 38.6. The van der Waals surface area contributed by atoms with Crippen LogP contribution in [0.25, 0.3) is 0 Å². The standard InChI is InChI=1S/C33H53N5O8/c1-8-21(5)28(32(43)36(6)26(33(44)45)17-22-15-13-12-14-16-22)35-29(40)25-18-23(46-11-4)19-38(25)31(42)27(20-39)37(7)30(41)24(9-2)34-10-3/h12-16,21,23-28,34,39H,8-11,17-20H2,1-7H3,(H,35,40)(H,44,45)/t21-,23+,24-,25-,26-,27-,28-/m0/s1. The van der Waals surface area contributed by atoms with E-state index in [1.165, 1.54) is 23.9 Å². The number of amides is 4. The van der Waals surface area contributed by atoms with Gasteiger partial charge in [-0.15, -0.1) is 0 Å². The van der Waals surface area contributed by atoms with Gasteiger partial charge in [0.2, 0.25) is 23.6 Å². The molecule has 0 spiro atoms. The average Bonchev–Trinajstić information content (AvgIpc) is 3.48. The van der Waals surface area contributed by atoms with Crippen LogP contribution in [0.4, 0.5) is 0 Å². The zero-order chi connectivity index (χ0) is 34.6. The molecular formula is C33H53N5O8. The minimum absolute atomic E-state index is 0.0632. The molecule has 46 heavy (non-hydrogen) atoms. The molecule has 258 valence electrons. The number of carbonyl (C=O) groups is 5. The quantitative estimate of drug-likeness (QED) is 0.181. The maximum Gasteiger partial charge on any atom is 0.326 e. The summed E-state index contributed by atoms with van der Waals surface area (Å²) in [5.41, 5.74) is 0.748. The van der Waals surface area contributed by atoms with Crippen molar-refractivity contribution in [3.05, 3.63) is 35.9 Å². The highest BCUT2D eigenvalue weighted by atomic mass is 16.5. The molecule has 0 aromatic heterocycles. The minimum Gasteiger partial charge on any atom is -0.480 e. The lowest BCUT2D eigenvalue weighted by molar-refractivity contribution is -0.152. The number of hydrogen-bond donors (Lipinski definition) is 4. The Balaban J connectivity index is 2.34. The highest BCUT2D eigenvalue weighted by Crippen LogP contribution is 2.24. The maximum absolute atomic E-state index is 13.9. The van der Waals surface area contributed by atoms with Gasteiger partial charge in [-0.25, -0.2) is 4.79 Å². The van der Waals surface area contributed by atoms with Gasteiger partial charge in [-0.2, -0.15) is 0 Å². The molecule has 1 aromatic rings. The van der Waals surface area contributed by atoms with E-state index in [0.717, 1.165) is 10.5 Å². The van der Waals surface area contributed by atoms with Gasteiger partial charge in [-0.05, 0) is 31.4 Å². The van der Waals surface area contributed by atoms with Gasteiger partial charge in [0.15, 0.2) is 0 Å². The Morgan fingerprint density at radius 2 is 1.61 bits per heavy atom. The SMILES string of the molecule is CCN[C@@H](CC)C(=O)N(C)[C@@H](CO)C(=O)N1C[C@H](OCC)C[C@H]1C(=O)N[C@H](C(=O)N(C)[C@@H](Cc1ccccc1)C(=O)O)[C@@H](C)CC. The summed E-state index contributed by atoms with van der Waals surface area (Å²) in [7, 11) is 2.87. The average molecular weight is 648 g/mol. The maximum atomic E-state index is 13.9. The van der Waals surface area contributed by atoms with Crippen molar-refractivity contribution >= 4 is 29.6 Å². The van der Waals surface area contributed by atoms with Crippen molar-refractivity contribution in [1.82, 2.24) is 25.3 Å². The van der Waals surface area contributed by atoms with E-state index in [0.29, 0.717) is 26.0 Å². The second-order valence-corrected chi connectivity index (χ2v) is 11.9. The number of ether oxygens (including phenoxy) is 1. The first-order chi connectivity index (χ1) is 21.9. The van der Waals surface area contributed by atoms with Crippen LogP contribution in [0.15, 0.2) is 30.3 Å². The Morgan fingerprint density at radius 1 is 0.978 bits per heavy atom. The number of likely N-dealkylation sites (tertiary alicyclic amines) is 1. The predicted molar refractivity (Wildman–Crippen MR) is 173 cm³/mol. The summed E-state index contributed by atoms with van der Waals surface area (Å²) in [5, 5.41) is 26.2. The molecule has 2 rings (SSSR count). The molecule has 0 radical (unpaired) electrons. The van der Waals surface area contributed by atoms with Crippen LogP contribution in [-0.4, -0.2) is 131 Å². The lowest BCUT2D eigenvalue weighted by Crippen LogP contribution is -2.60. The zero-order valence-corrected chi connectivity index (χ0v) is 28.3. The van der Waals surface area contributed by atoms with Crippen LogP contribution in [0.1, 0.15) is 59.4 Å². The van der Waals surface area contributed by atoms with Gasteiger partial charge in [-0.1, -0.05) is 64.4 Å². The second kappa shape index (κ2) is 18.6. The van der Waals surface area contributed by atoms with Crippen molar-refractivity contribution in [2.75, 3.05) is 40.4 Å². The van der Waals surface area contributed by atoms with Crippen LogP contribution in [0.2, 0.25) is 0 Å². The smallest absolute Gasteiger partial charge is 0.326 e. The fourth-order valence-electron chi connectivity index (χ4n) is 5.79. The Labute approximate surface area is 272 Å². The topological polar surface area (TPSA) is 169 Å². The van der Waals surface area contributed by atoms with Gasteiger partial charge in [-0.3, -0.25) is 19.2 Å². The normalized spacial score (nSPS) is 19.4. The third kappa shape index (κ3) is 9.73. The van der Waals surface area contributed by atoms with E-state index in [4.69, 9.17) is 4.74 Å². The summed E-state index contributed by atoms with van der Waals surface area (Å²) in [6.07, 6.45) is 0.761. The van der Waals surface area contributed by atoms with Crippen LogP contribution in [0, 0.1) is 5.92 Å². The largest absolute Gasteiger partial charge is 0.480 e. The van der Waals surface area contributed by atoms with Gasteiger partial charge < -0.3 is 40.3 Å². The number of aliphatic hydroxyl groups excluding tert-OH is 1. The van der Waals surface area contributed by atoms with Gasteiger partial charge >= 0.3 is 5.97 Å². The Hall–Kier alpha value is -3.55. The van der Waals surface area contributed by atoms with Crippen molar-refractivity contribution in [3.8, 4) is 0 Å². The first-order valence-electron chi connectivity index (χ1n) is 16.2. The molecular weight excluding hydrogens is 594 g/mol. The number of hydrogen-bond acceptors (Lipinski definition) is 8. The molecule has 1 aliphatic heterocycles. The fourth-order valence-corrected chi connectivity index (χ4v) is 5.79. The van der Waals surface area contributed by atoms with E-state index >= 15 is 0 Å².